The number of methoxy groups -OCH3 is 1. The molecule has 4 heteroatoms. The summed E-state index contributed by atoms with van der Waals surface area (Å²) >= 11 is 0. The van der Waals surface area contributed by atoms with E-state index in [9.17, 15) is 4.79 Å². The van der Waals surface area contributed by atoms with Crippen LogP contribution in [0.15, 0.2) is 6.20 Å². The third-order valence-electron chi connectivity index (χ3n) is 3.28. The normalized spacial score (nSPS) is 16.6. The van der Waals surface area contributed by atoms with Crippen molar-refractivity contribution in [3.63, 3.8) is 0 Å². The van der Waals surface area contributed by atoms with Crippen molar-refractivity contribution in [1.82, 2.24) is 9.78 Å². The smallest absolute Gasteiger partial charge is 0.187 e. The quantitative estimate of drug-likeness (QED) is 0.734. The number of hydrogen-bond donors (Lipinski definition) is 0. The van der Waals surface area contributed by atoms with Gasteiger partial charge in [-0.15, -0.1) is 0 Å². The van der Waals surface area contributed by atoms with E-state index in [1.807, 2.05) is 6.92 Å². The Kier molecular flexibility index (Phi) is 3.27. The van der Waals surface area contributed by atoms with Crippen molar-refractivity contribution in [2.24, 2.45) is 5.92 Å². The van der Waals surface area contributed by atoms with Gasteiger partial charge in [0.05, 0.1) is 13.3 Å². The van der Waals surface area contributed by atoms with Crippen molar-refractivity contribution in [2.75, 3.05) is 7.11 Å². The predicted octanol–water partition coefficient (Wildman–Crippen LogP) is 2.28. The number of ketones is 1. The molecule has 4 nitrogen and oxygen atoms in total. The number of carbonyl (C=O) groups excluding carboxylic acids is 1. The zero-order valence-corrected chi connectivity index (χ0v) is 9.90. The van der Waals surface area contributed by atoms with Gasteiger partial charge >= 0.3 is 0 Å². The monoisotopic (exact) mass is 222 g/mol. The van der Waals surface area contributed by atoms with Crippen LogP contribution in [0.1, 0.15) is 43.1 Å². The lowest BCUT2D eigenvalue weighted by molar-refractivity contribution is 0.0908. The first-order chi connectivity index (χ1) is 7.77. The van der Waals surface area contributed by atoms with Gasteiger partial charge in [0.25, 0.3) is 0 Å². The van der Waals surface area contributed by atoms with Gasteiger partial charge in [0, 0.05) is 12.5 Å². The van der Waals surface area contributed by atoms with Crippen LogP contribution in [-0.2, 0) is 6.54 Å². The van der Waals surface area contributed by atoms with Crippen LogP contribution in [-0.4, -0.2) is 22.7 Å². The minimum Gasteiger partial charge on any atom is -0.493 e. The Bertz CT molecular complexity index is 357. The first kappa shape index (κ1) is 11.2. The fourth-order valence-corrected chi connectivity index (χ4v) is 2.39. The molecule has 0 N–H and O–H groups in total. The van der Waals surface area contributed by atoms with Gasteiger partial charge in [-0.3, -0.25) is 9.48 Å². The molecule has 0 bridgehead atoms. The van der Waals surface area contributed by atoms with E-state index >= 15 is 0 Å². The fraction of sp³-hybridized carbons (Fsp3) is 0.667. The Labute approximate surface area is 95.6 Å². The highest BCUT2D eigenvalue weighted by molar-refractivity contribution is 5.98. The second-order valence-electron chi connectivity index (χ2n) is 4.22. The van der Waals surface area contributed by atoms with Gasteiger partial charge in [-0.2, -0.15) is 5.10 Å². The van der Waals surface area contributed by atoms with Gasteiger partial charge in [0.1, 0.15) is 5.69 Å². The first-order valence-corrected chi connectivity index (χ1v) is 5.92. The predicted molar refractivity (Wildman–Crippen MR) is 60.7 cm³/mol. The van der Waals surface area contributed by atoms with Crippen LogP contribution in [0.3, 0.4) is 0 Å². The molecule has 1 aromatic heterocycles. The Morgan fingerprint density at radius 1 is 1.56 bits per heavy atom. The Hall–Kier alpha value is -1.32. The van der Waals surface area contributed by atoms with Crippen LogP contribution in [0, 0.1) is 5.92 Å². The Balaban J connectivity index is 2.29. The van der Waals surface area contributed by atoms with Crippen molar-refractivity contribution >= 4 is 5.78 Å². The van der Waals surface area contributed by atoms with E-state index in [4.69, 9.17) is 4.74 Å². The highest BCUT2D eigenvalue weighted by Crippen LogP contribution is 2.31. The largest absolute Gasteiger partial charge is 0.493 e. The van der Waals surface area contributed by atoms with E-state index in [2.05, 4.69) is 5.10 Å². The highest BCUT2D eigenvalue weighted by atomic mass is 16.5. The summed E-state index contributed by atoms with van der Waals surface area (Å²) in [7, 11) is 1.59. The zero-order valence-electron chi connectivity index (χ0n) is 9.90. The Morgan fingerprint density at radius 3 is 2.81 bits per heavy atom. The molecule has 0 atom stereocenters. The molecule has 0 amide bonds. The molecule has 1 heterocycles. The van der Waals surface area contributed by atoms with E-state index < -0.39 is 0 Å². The van der Waals surface area contributed by atoms with E-state index in [1.54, 1.807) is 18.0 Å². The summed E-state index contributed by atoms with van der Waals surface area (Å²) in [5.74, 6) is 0.989. The van der Waals surface area contributed by atoms with Crippen molar-refractivity contribution in [3.05, 3.63) is 11.9 Å². The second-order valence-corrected chi connectivity index (χ2v) is 4.22. The molecule has 0 aliphatic heterocycles. The molecule has 0 radical (unpaired) electrons. The summed E-state index contributed by atoms with van der Waals surface area (Å²) in [6, 6.07) is 0. The van der Waals surface area contributed by atoms with E-state index in [-0.39, 0.29) is 11.7 Å². The van der Waals surface area contributed by atoms with Gasteiger partial charge in [-0.25, -0.2) is 0 Å². The van der Waals surface area contributed by atoms with Gasteiger partial charge < -0.3 is 4.74 Å². The molecule has 1 saturated carbocycles. The van der Waals surface area contributed by atoms with Gasteiger partial charge in [-0.05, 0) is 19.8 Å². The van der Waals surface area contributed by atoms with Gasteiger partial charge in [-0.1, -0.05) is 12.8 Å². The van der Waals surface area contributed by atoms with Crippen LogP contribution in [0.2, 0.25) is 0 Å². The maximum Gasteiger partial charge on any atom is 0.187 e. The number of aromatic nitrogens is 2. The average Bonchev–Trinajstić information content (AvgIpc) is 2.96. The molecule has 0 spiro atoms. The molecule has 0 saturated heterocycles. The standard InChI is InChI=1S/C12H18N2O2/c1-3-14-11(10(16-2)8-13-14)12(15)9-6-4-5-7-9/h8-9H,3-7H2,1-2H3. The topological polar surface area (TPSA) is 44.1 Å². The number of ether oxygens (including phenoxy) is 1. The first-order valence-electron chi connectivity index (χ1n) is 5.92. The molecule has 0 aromatic carbocycles. The maximum atomic E-state index is 12.3. The molecule has 1 aromatic rings. The summed E-state index contributed by atoms with van der Waals surface area (Å²) in [4.78, 5) is 12.3. The second kappa shape index (κ2) is 4.68. The SMILES string of the molecule is CCn1ncc(OC)c1C(=O)C1CCCC1. The van der Waals surface area contributed by atoms with E-state index in [0.717, 1.165) is 12.8 Å². The number of hydrogen-bond acceptors (Lipinski definition) is 3. The van der Waals surface area contributed by atoms with Crippen LogP contribution >= 0.6 is 0 Å². The number of carbonyl (C=O) groups is 1. The molecule has 1 aliphatic rings. The molecule has 1 fully saturated rings. The lowest BCUT2D eigenvalue weighted by atomic mass is 10.00. The lowest BCUT2D eigenvalue weighted by Crippen LogP contribution is -2.17. The molecule has 16 heavy (non-hydrogen) atoms. The molecular formula is C12H18N2O2. The molecular weight excluding hydrogens is 204 g/mol. The summed E-state index contributed by atoms with van der Waals surface area (Å²) in [6.45, 7) is 2.69. The van der Waals surface area contributed by atoms with Crippen molar-refractivity contribution in [1.29, 1.82) is 0 Å². The van der Waals surface area contributed by atoms with Gasteiger partial charge in [0.2, 0.25) is 0 Å². The minimum absolute atomic E-state index is 0.177. The third kappa shape index (κ3) is 1.84. The summed E-state index contributed by atoms with van der Waals surface area (Å²) in [5, 5.41) is 4.17. The molecule has 88 valence electrons. The van der Waals surface area contributed by atoms with Crippen LogP contribution in [0.5, 0.6) is 5.75 Å². The minimum atomic E-state index is 0.177. The fourth-order valence-electron chi connectivity index (χ4n) is 2.39. The van der Waals surface area contributed by atoms with Crippen LogP contribution < -0.4 is 4.74 Å². The number of nitrogens with zero attached hydrogens (tertiary/aromatic N) is 2. The number of rotatable bonds is 4. The van der Waals surface area contributed by atoms with Crippen molar-refractivity contribution in [3.8, 4) is 5.75 Å². The molecule has 1 aliphatic carbocycles. The molecule has 0 unspecified atom stereocenters. The van der Waals surface area contributed by atoms with Crippen molar-refractivity contribution < 1.29 is 9.53 Å². The highest BCUT2D eigenvalue weighted by Gasteiger charge is 2.28. The zero-order chi connectivity index (χ0) is 11.5. The number of aryl methyl sites for hydroxylation is 1. The average molecular weight is 222 g/mol. The third-order valence-corrected chi connectivity index (χ3v) is 3.28. The Morgan fingerprint density at radius 2 is 2.25 bits per heavy atom. The van der Waals surface area contributed by atoms with Gasteiger partial charge in [0.15, 0.2) is 11.5 Å². The summed E-state index contributed by atoms with van der Waals surface area (Å²) in [6.07, 6.45) is 5.98. The number of Topliss-reactive ketones (excluding diaryl/α,β-unsaturated/α-hetero) is 1. The van der Waals surface area contributed by atoms with Crippen LogP contribution in [0.25, 0.3) is 0 Å². The summed E-state index contributed by atoms with van der Waals surface area (Å²) in [5.41, 5.74) is 0.650. The maximum absolute atomic E-state index is 12.3. The lowest BCUT2D eigenvalue weighted by Gasteiger charge is -2.10. The van der Waals surface area contributed by atoms with Crippen molar-refractivity contribution in [2.45, 2.75) is 39.2 Å². The molecule has 2 rings (SSSR count). The van der Waals surface area contributed by atoms with Crippen LogP contribution in [0.4, 0.5) is 0 Å². The summed E-state index contributed by atoms with van der Waals surface area (Å²) < 4.78 is 6.94. The van der Waals surface area contributed by atoms with E-state index in [1.165, 1.54) is 12.8 Å². The van der Waals surface area contributed by atoms with E-state index in [0.29, 0.717) is 18.0 Å².